The van der Waals surface area contributed by atoms with Crippen molar-refractivity contribution in [3.05, 3.63) is 47.0 Å². The van der Waals surface area contributed by atoms with Crippen LogP contribution in [0.15, 0.2) is 30.3 Å². The van der Waals surface area contributed by atoms with Crippen LogP contribution >= 0.6 is 0 Å². The first-order chi connectivity index (χ1) is 8.54. The Hall–Kier alpha value is -1.63. The molecule has 0 aliphatic heterocycles. The van der Waals surface area contributed by atoms with Crippen LogP contribution in [0.3, 0.4) is 0 Å². The molecule has 2 aromatic rings. The number of hydrogen-bond donors (Lipinski definition) is 0. The average Bonchev–Trinajstić information content (AvgIpc) is 2.35. The van der Waals surface area contributed by atoms with Crippen molar-refractivity contribution in [2.45, 2.75) is 39.5 Å². The number of carbonyl (C=O) groups is 1. The Morgan fingerprint density at radius 3 is 2.17 bits per heavy atom. The zero-order valence-electron chi connectivity index (χ0n) is 11.5. The lowest BCUT2D eigenvalue weighted by Crippen LogP contribution is -1.97. The molecule has 1 nitrogen and oxygen atoms in total. The maximum absolute atomic E-state index is 11.3. The van der Waals surface area contributed by atoms with E-state index in [9.17, 15) is 4.79 Å². The fourth-order valence-electron chi connectivity index (χ4n) is 2.49. The number of hydrogen-bond acceptors (Lipinski definition) is 1. The number of benzene rings is 2. The van der Waals surface area contributed by atoms with Gasteiger partial charge in [0.2, 0.25) is 0 Å². The summed E-state index contributed by atoms with van der Waals surface area (Å²) < 4.78 is 0. The molecule has 0 amide bonds. The highest BCUT2D eigenvalue weighted by atomic mass is 16.1. The van der Waals surface area contributed by atoms with Crippen molar-refractivity contribution in [3.8, 4) is 0 Å². The Labute approximate surface area is 109 Å². The molecule has 0 aliphatic carbocycles. The predicted molar refractivity (Wildman–Crippen MR) is 77.5 cm³/mol. The van der Waals surface area contributed by atoms with E-state index in [1.165, 1.54) is 16.3 Å². The normalized spacial score (nSPS) is 11.4. The molecule has 2 rings (SSSR count). The predicted octanol–water partition coefficient (Wildman–Crippen LogP) is 4.90. The van der Waals surface area contributed by atoms with Gasteiger partial charge in [0.05, 0.1) is 0 Å². The molecule has 2 aromatic carbocycles. The second-order valence-electron chi connectivity index (χ2n) is 5.48. The van der Waals surface area contributed by atoms with Crippen LogP contribution in [0.2, 0.25) is 0 Å². The summed E-state index contributed by atoms with van der Waals surface area (Å²) in [4.78, 5) is 11.3. The minimum Gasteiger partial charge on any atom is -0.298 e. The summed E-state index contributed by atoms with van der Waals surface area (Å²) >= 11 is 0. The van der Waals surface area contributed by atoms with E-state index in [1.807, 2.05) is 6.07 Å². The molecule has 0 aliphatic rings. The molecule has 0 bridgehead atoms. The van der Waals surface area contributed by atoms with Gasteiger partial charge < -0.3 is 0 Å². The van der Waals surface area contributed by atoms with E-state index in [0.717, 1.165) is 17.4 Å². The summed E-state index contributed by atoms with van der Waals surface area (Å²) in [6.07, 6.45) is 0.978. The first-order valence-corrected chi connectivity index (χ1v) is 6.56. The highest BCUT2D eigenvalue weighted by molar-refractivity contribution is 5.93. The fourth-order valence-corrected chi connectivity index (χ4v) is 2.49. The van der Waals surface area contributed by atoms with Gasteiger partial charge in [0.1, 0.15) is 6.29 Å². The molecule has 0 spiro atoms. The molecular weight excluding hydrogens is 220 g/mol. The minimum absolute atomic E-state index is 0.373. The van der Waals surface area contributed by atoms with E-state index in [2.05, 4.69) is 52.0 Å². The van der Waals surface area contributed by atoms with E-state index in [1.54, 1.807) is 0 Å². The van der Waals surface area contributed by atoms with Gasteiger partial charge in [0.25, 0.3) is 0 Å². The molecule has 0 fully saturated rings. The van der Waals surface area contributed by atoms with Gasteiger partial charge in [-0.25, -0.2) is 0 Å². The molecule has 94 valence electrons. The zero-order valence-corrected chi connectivity index (χ0v) is 11.5. The van der Waals surface area contributed by atoms with Crippen molar-refractivity contribution in [3.63, 3.8) is 0 Å². The lowest BCUT2D eigenvalue weighted by Gasteiger charge is -2.14. The summed E-state index contributed by atoms with van der Waals surface area (Å²) in [6, 6.07) is 10.6. The van der Waals surface area contributed by atoms with Crippen LogP contribution in [-0.2, 0) is 0 Å². The minimum atomic E-state index is 0.373. The van der Waals surface area contributed by atoms with Crippen LogP contribution in [0.1, 0.15) is 61.0 Å². The maximum atomic E-state index is 11.3. The van der Waals surface area contributed by atoms with Crippen molar-refractivity contribution in [2.24, 2.45) is 0 Å². The molecule has 0 saturated carbocycles. The summed E-state index contributed by atoms with van der Waals surface area (Å²) in [6.45, 7) is 8.62. The van der Waals surface area contributed by atoms with Gasteiger partial charge in [-0.15, -0.1) is 0 Å². The van der Waals surface area contributed by atoms with E-state index in [4.69, 9.17) is 0 Å². The quantitative estimate of drug-likeness (QED) is 0.697. The Kier molecular flexibility index (Phi) is 3.51. The summed E-state index contributed by atoms with van der Waals surface area (Å²) in [5, 5.41) is 2.44. The Balaban J connectivity index is 2.78. The number of fused-ring (bicyclic) bond motifs is 1. The van der Waals surface area contributed by atoms with E-state index in [-0.39, 0.29) is 0 Å². The Morgan fingerprint density at radius 1 is 0.944 bits per heavy atom. The van der Waals surface area contributed by atoms with E-state index >= 15 is 0 Å². The van der Waals surface area contributed by atoms with E-state index in [0.29, 0.717) is 11.8 Å². The fraction of sp³-hybridized carbons (Fsp3) is 0.353. The van der Waals surface area contributed by atoms with Crippen molar-refractivity contribution >= 4 is 17.1 Å². The number of rotatable bonds is 3. The molecule has 0 N–H and O–H groups in total. The second-order valence-corrected chi connectivity index (χ2v) is 5.48. The Bertz CT molecular complexity index is 579. The SMILES string of the molecule is CC(C)c1cc2cccc(C(C)C)c2cc1C=O. The number of aldehydes is 1. The molecule has 18 heavy (non-hydrogen) atoms. The van der Waals surface area contributed by atoms with Gasteiger partial charge >= 0.3 is 0 Å². The van der Waals surface area contributed by atoms with Crippen LogP contribution in [0, 0.1) is 0 Å². The third kappa shape index (κ3) is 2.17. The van der Waals surface area contributed by atoms with Crippen molar-refractivity contribution in [1.29, 1.82) is 0 Å². The summed E-state index contributed by atoms with van der Waals surface area (Å²) in [5.74, 6) is 0.843. The lowest BCUT2D eigenvalue weighted by molar-refractivity contribution is 0.112. The standard InChI is InChI=1S/C17H20O/c1-11(2)15-7-5-6-13-8-16(12(3)4)14(10-18)9-17(13)15/h5-12H,1-4H3. The van der Waals surface area contributed by atoms with Gasteiger partial charge in [-0.2, -0.15) is 0 Å². The van der Waals surface area contributed by atoms with Gasteiger partial charge in [0, 0.05) is 5.56 Å². The molecule has 0 unspecified atom stereocenters. The summed E-state index contributed by atoms with van der Waals surface area (Å²) in [7, 11) is 0. The third-order valence-corrected chi connectivity index (χ3v) is 3.49. The lowest BCUT2D eigenvalue weighted by atomic mass is 9.90. The first kappa shape index (κ1) is 12.8. The van der Waals surface area contributed by atoms with Crippen molar-refractivity contribution in [1.82, 2.24) is 0 Å². The van der Waals surface area contributed by atoms with Crippen molar-refractivity contribution < 1.29 is 4.79 Å². The van der Waals surface area contributed by atoms with Crippen LogP contribution in [-0.4, -0.2) is 6.29 Å². The average molecular weight is 240 g/mol. The van der Waals surface area contributed by atoms with Crippen LogP contribution < -0.4 is 0 Å². The van der Waals surface area contributed by atoms with Gasteiger partial charge in [-0.1, -0.05) is 52.0 Å². The molecule has 0 saturated heterocycles. The van der Waals surface area contributed by atoms with Gasteiger partial charge in [0.15, 0.2) is 0 Å². The highest BCUT2D eigenvalue weighted by Gasteiger charge is 2.11. The van der Waals surface area contributed by atoms with Crippen molar-refractivity contribution in [2.75, 3.05) is 0 Å². The number of carbonyl (C=O) groups excluding carboxylic acids is 1. The molecule has 0 aromatic heterocycles. The first-order valence-electron chi connectivity index (χ1n) is 6.56. The maximum Gasteiger partial charge on any atom is 0.150 e. The summed E-state index contributed by atoms with van der Waals surface area (Å²) in [5.41, 5.74) is 3.27. The van der Waals surface area contributed by atoms with E-state index < -0.39 is 0 Å². The highest BCUT2D eigenvalue weighted by Crippen LogP contribution is 2.30. The molecule has 1 heteroatoms. The smallest absolute Gasteiger partial charge is 0.150 e. The topological polar surface area (TPSA) is 17.1 Å². The second kappa shape index (κ2) is 4.93. The van der Waals surface area contributed by atoms with Crippen LogP contribution in [0.4, 0.5) is 0 Å². The molecule has 0 atom stereocenters. The molecule has 0 radical (unpaired) electrons. The Morgan fingerprint density at radius 2 is 1.61 bits per heavy atom. The van der Waals surface area contributed by atoms with Gasteiger partial charge in [-0.05, 0) is 39.8 Å². The third-order valence-electron chi connectivity index (χ3n) is 3.49. The molecular formula is C17H20O. The monoisotopic (exact) mass is 240 g/mol. The van der Waals surface area contributed by atoms with Crippen LogP contribution in [0.25, 0.3) is 10.8 Å². The molecule has 0 heterocycles. The largest absolute Gasteiger partial charge is 0.298 e. The zero-order chi connectivity index (χ0) is 13.3. The van der Waals surface area contributed by atoms with Gasteiger partial charge in [-0.3, -0.25) is 4.79 Å². The van der Waals surface area contributed by atoms with Crippen LogP contribution in [0.5, 0.6) is 0 Å².